The second-order valence-electron chi connectivity index (χ2n) is 8.58. The maximum Gasteiger partial charge on any atom is 0.331 e. The van der Waals surface area contributed by atoms with E-state index in [0.29, 0.717) is 40.5 Å². The summed E-state index contributed by atoms with van der Waals surface area (Å²) in [5.74, 6) is 0.375. The summed E-state index contributed by atoms with van der Waals surface area (Å²) in [5.41, 5.74) is 1.99. The van der Waals surface area contributed by atoms with Crippen molar-refractivity contribution < 1.29 is 13.9 Å². The smallest absolute Gasteiger partial charge is 0.331 e. The normalized spacial score (nSPS) is 17.5. The van der Waals surface area contributed by atoms with E-state index >= 15 is 0 Å². The van der Waals surface area contributed by atoms with Gasteiger partial charge < -0.3 is 19.0 Å². The number of thiazole rings is 1. The van der Waals surface area contributed by atoms with Gasteiger partial charge in [-0.2, -0.15) is 0 Å². The lowest BCUT2D eigenvalue weighted by atomic mass is 10.2. The molecule has 13 heteroatoms. The summed E-state index contributed by atoms with van der Waals surface area (Å²) in [6.07, 6.45) is 0. The molecule has 5 rings (SSSR count). The first-order chi connectivity index (χ1) is 17.2. The molecule has 4 aromatic heterocycles. The molecule has 0 aliphatic carbocycles. The van der Waals surface area contributed by atoms with Crippen molar-refractivity contribution in [3.8, 4) is 10.7 Å². The van der Waals surface area contributed by atoms with Crippen molar-refractivity contribution in [3.63, 3.8) is 0 Å². The zero-order valence-corrected chi connectivity index (χ0v) is 22.4. The van der Waals surface area contributed by atoms with Gasteiger partial charge in [0.2, 0.25) is 5.91 Å². The van der Waals surface area contributed by atoms with Crippen LogP contribution in [0.1, 0.15) is 22.4 Å². The summed E-state index contributed by atoms with van der Waals surface area (Å²) in [6, 6.07) is 3.46. The molecule has 10 nitrogen and oxygen atoms in total. The number of methoxy groups -OCH3 is 1. The number of hydrogen-bond donors (Lipinski definition) is 1. The first kappa shape index (κ1) is 24.9. The van der Waals surface area contributed by atoms with Crippen molar-refractivity contribution in [2.45, 2.75) is 24.0 Å². The summed E-state index contributed by atoms with van der Waals surface area (Å²) in [7, 11) is 4.61. The molecule has 1 aliphatic rings. The van der Waals surface area contributed by atoms with Gasteiger partial charge >= 0.3 is 5.69 Å². The van der Waals surface area contributed by atoms with Crippen LogP contribution in [0.2, 0.25) is 5.22 Å². The number of carbonyl (C=O) groups excluding carboxylic acids is 1. The Balaban J connectivity index is 1.79. The fourth-order valence-electron chi connectivity index (χ4n) is 4.58. The molecule has 0 fully saturated rings. The maximum absolute atomic E-state index is 13.5. The molecule has 1 N–H and O–H groups in total. The number of ether oxygens (including phenoxy) is 1. The van der Waals surface area contributed by atoms with E-state index in [9.17, 15) is 14.4 Å². The zero-order valence-electron chi connectivity index (χ0n) is 20.0. The topological polar surface area (TPSA) is 113 Å². The van der Waals surface area contributed by atoms with Crippen LogP contribution in [0, 0.1) is 6.92 Å². The van der Waals surface area contributed by atoms with E-state index in [1.807, 2.05) is 12.3 Å². The molecule has 2 atom stereocenters. The molecule has 0 spiro atoms. The molecule has 0 saturated carbocycles. The number of halogens is 1. The molecule has 0 unspecified atom stereocenters. The van der Waals surface area contributed by atoms with Gasteiger partial charge in [0.15, 0.2) is 5.22 Å². The fraction of sp³-hybridized carbons (Fsp3) is 0.391. The summed E-state index contributed by atoms with van der Waals surface area (Å²) in [5, 5.41) is 5.73. The highest BCUT2D eigenvalue weighted by atomic mass is 35.5. The van der Waals surface area contributed by atoms with Crippen molar-refractivity contribution in [1.82, 2.24) is 24.0 Å². The molecule has 1 amide bonds. The molecule has 1 aliphatic heterocycles. The van der Waals surface area contributed by atoms with Crippen LogP contribution in [0.3, 0.4) is 0 Å². The van der Waals surface area contributed by atoms with Gasteiger partial charge in [0.1, 0.15) is 22.6 Å². The largest absolute Gasteiger partial charge is 0.448 e. The Morgan fingerprint density at radius 3 is 2.72 bits per heavy atom. The Morgan fingerprint density at radius 2 is 2.08 bits per heavy atom. The van der Waals surface area contributed by atoms with Gasteiger partial charge in [-0.15, -0.1) is 23.1 Å². The van der Waals surface area contributed by atoms with E-state index in [0.717, 1.165) is 16.0 Å². The van der Waals surface area contributed by atoms with E-state index in [4.69, 9.17) is 20.8 Å². The third-order valence-electron chi connectivity index (χ3n) is 6.14. The van der Waals surface area contributed by atoms with Gasteiger partial charge in [-0.3, -0.25) is 18.7 Å². The van der Waals surface area contributed by atoms with E-state index in [2.05, 4.69) is 14.9 Å². The van der Waals surface area contributed by atoms with E-state index < -0.39 is 5.69 Å². The first-order valence-electron chi connectivity index (χ1n) is 11.1. The fourth-order valence-corrected chi connectivity index (χ4v) is 7.01. The van der Waals surface area contributed by atoms with E-state index in [1.165, 1.54) is 30.1 Å². The lowest BCUT2D eigenvalue weighted by Gasteiger charge is -2.31. The van der Waals surface area contributed by atoms with E-state index in [-0.39, 0.29) is 33.8 Å². The summed E-state index contributed by atoms with van der Waals surface area (Å²) in [6.45, 7) is 2.72. The standard InChI is InChI=1S/C23H24ClN5O5S2/c1-11-10-35-21(26-11)18-16-17(27(2)23(32)28(3)22(16)31)19-20(13-5-6-14(24)34-13)36-12(8-29(18)19)7-25-15(30)9-33-4/h5-6,10,12,20H,7-9H2,1-4H3,(H,25,30)/t12-,20-/m1/s1. The minimum Gasteiger partial charge on any atom is -0.448 e. The van der Waals surface area contributed by atoms with Crippen LogP contribution >= 0.6 is 34.7 Å². The van der Waals surface area contributed by atoms with Crippen LogP contribution in [-0.4, -0.2) is 50.1 Å². The van der Waals surface area contributed by atoms with Gasteiger partial charge in [-0.25, -0.2) is 9.78 Å². The number of nitrogens with zero attached hydrogens (tertiary/aromatic N) is 4. The number of furan rings is 1. The average Bonchev–Trinajstić information content (AvgIpc) is 3.56. The van der Waals surface area contributed by atoms with Gasteiger partial charge in [-0.05, 0) is 30.7 Å². The van der Waals surface area contributed by atoms with Gasteiger partial charge in [-0.1, -0.05) is 0 Å². The predicted molar refractivity (Wildman–Crippen MR) is 140 cm³/mol. The second kappa shape index (κ2) is 9.58. The van der Waals surface area contributed by atoms with Crippen molar-refractivity contribution >= 4 is 51.5 Å². The van der Waals surface area contributed by atoms with Crippen molar-refractivity contribution in [2.24, 2.45) is 14.1 Å². The minimum atomic E-state index is -0.419. The molecule has 5 heterocycles. The number of nitrogens with one attached hydrogen (secondary N) is 1. The Morgan fingerprint density at radius 1 is 1.31 bits per heavy atom. The number of amides is 1. The third kappa shape index (κ3) is 4.11. The van der Waals surface area contributed by atoms with Gasteiger partial charge in [0.25, 0.3) is 5.56 Å². The molecule has 0 saturated heterocycles. The van der Waals surface area contributed by atoms with Crippen LogP contribution in [0.15, 0.2) is 31.5 Å². The lowest BCUT2D eigenvalue weighted by Crippen LogP contribution is -2.38. The minimum absolute atomic E-state index is 0.0327. The molecular formula is C23H24ClN5O5S2. The number of fused-ring (bicyclic) bond motifs is 3. The highest BCUT2D eigenvalue weighted by Gasteiger charge is 2.38. The second-order valence-corrected chi connectivity index (χ2v) is 11.2. The SMILES string of the molecule is COCC(=O)NC[C@@H]1Cn2c(-c3nc(C)cs3)c3c(=O)n(C)c(=O)n(C)c3c2[C@@H](c2ccc(Cl)o2)S1. The monoisotopic (exact) mass is 549 g/mol. The highest BCUT2D eigenvalue weighted by molar-refractivity contribution is 8.00. The molecule has 36 heavy (non-hydrogen) atoms. The summed E-state index contributed by atoms with van der Waals surface area (Å²) < 4.78 is 15.4. The Hall–Kier alpha value is -2.80. The van der Waals surface area contributed by atoms with Crippen LogP contribution < -0.4 is 16.6 Å². The molecule has 190 valence electrons. The zero-order chi connectivity index (χ0) is 25.7. The molecule has 0 bridgehead atoms. The van der Waals surface area contributed by atoms with Crippen molar-refractivity contribution in [3.05, 3.63) is 60.7 Å². The average molecular weight is 550 g/mol. The number of hydrogen-bond acceptors (Lipinski definition) is 8. The van der Waals surface area contributed by atoms with Gasteiger partial charge in [0.05, 0.1) is 22.3 Å². The summed E-state index contributed by atoms with van der Waals surface area (Å²) in [4.78, 5) is 43.3. The Kier molecular flexibility index (Phi) is 6.62. The molecule has 4 aromatic rings. The van der Waals surface area contributed by atoms with Crippen LogP contribution in [0.5, 0.6) is 0 Å². The third-order valence-corrected chi connectivity index (χ3v) is 8.74. The van der Waals surface area contributed by atoms with Crippen LogP contribution in [0.25, 0.3) is 21.6 Å². The number of aryl methyl sites for hydroxylation is 2. The van der Waals surface area contributed by atoms with Crippen LogP contribution in [0.4, 0.5) is 0 Å². The number of rotatable bonds is 6. The number of thioether (sulfide) groups is 1. The molecule has 0 radical (unpaired) electrons. The maximum atomic E-state index is 13.5. The Bertz CT molecular complexity index is 1600. The summed E-state index contributed by atoms with van der Waals surface area (Å²) >= 11 is 9.16. The van der Waals surface area contributed by atoms with E-state index in [1.54, 1.807) is 30.9 Å². The molecular weight excluding hydrogens is 526 g/mol. The predicted octanol–water partition coefficient (Wildman–Crippen LogP) is 2.68. The highest BCUT2D eigenvalue weighted by Crippen LogP contribution is 2.49. The quantitative estimate of drug-likeness (QED) is 0.393. The van der Waals surface area contributed by atoms with Crippen molar-refractivity contribution in [1.29, 1.82) is 0 Å². The first-order valence-corrected chi connectivity index (χ1v) is 13.3. The van der Waals surface area contributed by atoms with Crippen LogP contribution in [-0.2, 0) is 30.2 Å². The van der Waals surface area contributed by atoms with Crippen molar-refractivity contribution in [2.75, 3.05) is 20.3 Å². The number of carbonyl (C=O) groups is 1. The number of aromatic nitrogens is 4. The van der Waals surface area contributed by atoms with Gasteiger partial charge in [0, 0.05) is 50.6 Å². The Labute approximate surface area is 218 Å². The molecule has 0 aromatic carbocycles. The lowest BCUT2D eigenvalue weighted by molar-refractivity contribution is -0.124.